The smallest absolute Gasteiger partial charge is 0.329 e. The van der Waals surface area contributed by atoms with E-state index in [0.717, 1.165) is 10.5 Å². The Morgan fingerprint density at radius 2 is 1.73 bits per heavy atom. The van der Waals surface area contributed by atoms with Crippen molar-refractivity contribution >= 4 is 23.5 Å². The lowest BCUT2D eigenvalue weighted by atomic mass is 9.95. The highest BCUT2D eigenvalue weighted by Crippen LogP contribution is 2.37. The quantitative estimate of drug-likeness (QED) is 0.508. The third-order valence-corrected chi connectivity index (χ3v) is 4.44. The number of amides is 2. The summed E-state index contributed by atoms with van der Waals surface area (Å²) < 4.78 is 5.03. The monoisotopic (exact) mass is 352 g/mol. The van der Waals surface area contributed by atoms with Crippen LogP contribution in [0.1, 0.15) is 41.0 Å². The zero-order chi connectivity index (χ0) is 18.8. The molecule has 6 heteroatoms. The van der Waals surface area contributed by atoms with Crippen LogP contribution in [0.2, 0.25) is 0 Å². The van der Waals surface area contributed by atoms with E-state index in [4.69, 9.17) is 10.5 Å². The van der Waals surface area contributed by atoms with Crippen molar-refractivity contribution in [1.82, 2.24) is 4.90 Å². The number of nitrogens with two attached hydrogens (primary N) is 1. The molecule has 0 saturated heterocycles. The third-order valence-electron chi connectivity index (χ3n) is 4.44. The van der Waals surface area contributed by atoms with Crippen LogP contribution in [0.25, 0.3) is 11.1 Å². The Bertz CT molecular complexity index is 877. The molecule has 1 atom stereocenters. The Balaban J connectivity index is 2.13. The molecule has 0 aliphatic carbocycles. The molecular formula is C20H20N2O4. The summed E-state index contributed by atoms with van der Waals surface area (Å²) in [6.07, 6.45) is 0.278. The van der Waals surface area contributed by atoms with Gasteiger partial charge in [0.1, 0.15) is 6.04 Å². The minimum Gasteiger partial charge on any atom is -0.464 e. The maximum absolute atomic E-state index is 13.1. The van der Waals surface area contributed by atoms with Gasteiger partial charge < -0.3 is 10.5 Å². The molecule has 0 radical (unpaired) electrons. The maximum Gasteiger partial charge on any atom is 0.329 e. The van der Waals surface area contributed by atoms with E-state index in [9.17, 15) is 14.4 Å². The number of carbonyl (C=O) groups excluding carboxylic acids is 3. The van der Waals surface area contributed by atoms with E-state index in [1.807, 2.05) is 30.3 Å². The minimum atomic E-state index is -0.952. The lowest BCUT2D eigenvalue weighted by Gasteiger charge is -2.23. The van der Waals surface area contributed by atoms with Gasteiger partial charge in [0.05, 0.1) is 17.7 Å². The van der Waals surface area contributed by atoms with Gasteiger partial charge >= 0.3 is 5.97 Å². The van der Waals surface area contributed by atoms with Crippen molar-refractivity contribution in [2.45, 2.75) is 26.3 Å². The summed E-state index contributed by atoms with van der Waals surface area (Å²) in [6.45, 7) is 3.60. The van der Waals surface area contributed by atoms with Gasteiger partial charge in [-0.2, -0.15) is 0 Å². The van der Waals surface area contributed by atoms with Crippen LogP contribution in [-0.4, -0.2) is 35.3 Å². The van der Waals surface area contributed by atoms with Crippen molar-refractivity contribution in [2.75, 3.05) is 12.3 Å². The van der Waals surface area contributed by atoms with Crippen LogP contribution < -0.4 is 5.73 Å². The number of hydrogen-bond acceptors (Lipinski definition) is 5. The molecule has 2 amide bonds. The fraction of sp³-hybridized carbons (Fsp3) is 0.250. The van der Waals surface area contributed by atoms with Crippen LogP contribution in [0.15, 0.2) is 42.5 Å². The summed E-state index contributed by atoms with van der Waals surface area (Å²) in [4.78, 5) is 39.2. The summed E-state index contributed by atoms with van der Waals surface area (Å²) in [6, 6.07) is 11.4. The van der Waals surface area contributed by atoms with Crippen molar-refractivity contribution in [3.8, 4) is 11.1 Å². The second kappa shape index (κ2) is 7.00. The maximum atomic E-state index is 13.1. The first-order chi connectivity index (χ1) is 12.5. The molecule has 0 bridgehead atoms. The van der Waals surface area contributed by atoms with Gasteiger partial charge in [0.2, 0.25) is 0 Å². The highest BCUT2D eigenvalue weighted by Gasteiger charge is 2.44. The van der Waals surface area contributed by atoms with Gasteiger partial charge in [0.25, 0.3) is 11.8 Å². The summed E-state index contributed by atoms with van der Waals surface area (Å²) >= 11 is 0. The fourth-order valence-corrected chi connectivity index (χ4v) is 3.25. The molecule has 0 spiro atoms. The van der Waals surface area contributed by atoms with E-state index in [2.05, 4.69) is 0 Å². The molecule has 26 heavy (non-hydrogen) atoms. The summed E-state index contributed by atoms with van der Waals surface area (Å²) in [5, 5.41) is 0. The molecule has 0 saturated carbocycles. The highest BCUT2D eigenvalue weighted by atomic mass is 16.5. The lowest BCUT2D eigenvalue weighted by molar-refractivity contribution is -0.147. The van der Waals surface area contributed by atoms with Crippen molar-refractivity contribution in [1.29, 1.82) is 0 Å². The molecule has 134 valence electrons. The normalized spacial score (nSPS) is 14.3. The number of anilines is 1. The summed E-state index contributed by atoms with van der Waals surface area (Å²) in [5.74, 6) is -1.60. The number of fused-ring (bicyclic) bond motifs is 1. The Labute approximate surface area is 151 Å². The van der Waals surface area contributed by atoms with Crippen LogP contribution in [0, 0.1) is 0 Å². The SMILES string of the molecule is CCOC(=O)C(CC)N1C(=O)c2ccc(N)c(-c3ccccc3)c2C1=O. The Morgan fingerprint density at radius 1 is 1.04 bits per heavy atom. The molecule has 2 aromatic rings. The summed E-state index contributed by atoms with van der Waals surface area (Å²) in [5.41, 5.74) is 8.28. The lowest BCUT2D eigenvalue weighted by Crippen LogP contribution is -2.45. The number of rotatable bonds is 5. The van der Waals surface area contributed by atoms with E-state index < -0.39 is 23.8 Å². The van der Waals surface area contributed by atoms with Gasteiger partial charge in [0.15, 0.2) is 0 Å². The van der Waals surface area contributed by atoms with E-state index in [1.165, 1.54) is 6.07 Å². The molecule has 1 unspecified atom stereocenters. The molecule has 0 aromatic heterocycles. The Hall–Kier alpha value is -3.15. The zero-order valence-electron chi connectivity index (χ0n) is 14.7. The first-order valence-electron chi connectivity index (χ1n) is 8.53. The van der Waals surface area contributed by atoms with Gasteiger partial charge in [-0.05, 0) is 31.0 Å². The van der Waals surface area contributed by atoms with Crippen LogP contribution in [0.3, 0.4) is 0 Å². The number of esters is 1. The average molecular weight is 352 g/mol. The van der Waals surface area contributed by atoms with Crippen molar-refractivity contribution in [2.24, 2.45) is 0 Å². The number of ether oxygens (including phenoxy) is 1. The molecule has 0 fully saturated rings. The second-order valence-corrected chi connectivity index (χ2v) is 5.97. The number of nitrogens with zero attached hydrogens (tertiary/aromatic N) is 1. The van der Waals surface area contributed by atoms with E-state index in [-0.39, 0.29) is 24.2 Å². The van der Waals surface area contributed by atoms with Crippen LogP contribution in [0.5, 0.6) is 0 Å². The molecule has 3 rings (SSSR count). The molecule has 1 heterocycles. The molecular weight excluding hydrogens is 332 g/mol. The minimum absolute atomic E-state index is 0.181. The topological polar surface area (TPSA) is 89.7 Å². The van der Waals surface area contributed by atoms with E-state index >= 15 is 0 Å². The predicted molar refractivity (Wildman–Crippen MR) is 97.5 cm³/mol. The Kier molecular flexibility index (Phi) is 4.75. The van der Waals surface area contributed by atoms with Crippen LogP contribution in [-0.2, 0) is 9.53 Å². The predicted octanol–water partition coefficient (Wildman–Crippen LogP) is 2.87. The molecule has 2 N–H and O–H groups in total. The van der Waals surface area contributed by atoms with Crippen molar-refractivity contribution < 1.29 is 19.1 Å². The van der Waals surface area contributed by atoms with Crippen LogP contribution in [0.4, 0.5) is 5.69 Å². The van der Waals surface area contributed by atoms with Crippen molar-refractivity contribution in [3.05, 3.63) is 53.6 Å². The fourth-order valence-electron chi connectivity index (χ4n) is 3.25. The largest absolute Gasteiger partial charge is 0.464 e. The number of hydrogen-bond donors (Lipinski definition) is 1. The zero-order valence-corrected chi connectivity index (χ0v) is 14.7. The first kappa shape index (κ1) is 17.7. The van der Waals surface area contributed by atoms with Crippen molar-refractivity contribution in [3.63, 3.8) is 0 Å². The average Bonchev–Trinajstić information content (AvgIpc) is 2.88. The number of imide groups is 1. The molecule has 1 aliphatic rings. The molecule has 6 nitrogen and oxygen atoms in total. The van der Waals surface area contributed by atoms with E-state index in [1.54, 1.807) is 19.9 Å². The second-order valence-electron chi connectivity index (χ2n) is 5.97. The summed E-state index contributed by atoms with van der Waals surface area (Å²) in [7, 11) is 0. The van der Waals surface area contributed by atoms with Gasteiger partial charge in [-0.25, -0.2) is 4.79 Å². The van der Waals surface area contributed by atoms with E-state index in [0.29, 0.717) is 11.3 Å². The molecule has 1 aliphatic heterocycles. The Morgan fingerprint density at radius 3 is 2.35 bits per heavy atom. The number of carbonyl (C=O) groups is 3. The highest BCUT2D eigenvalue weighted by molar-refractivity contribution is 6.26. The third kappa shape index (κ3) is 2.73. The number of nitrogen functional groups attached to an aromatic ring is 1. The van der Waals surface area contributed by atoms with Gasteiger partial charge in [-0.15, -0.1) is 0 Å². The van der Waals surface area contributed by atoms with Gasteiger partial charge in [-0.3, -0.25) is 14.5 Å². The number of benzene rings is 2. The van der Waals surface area contributed by atoms with Gasteiger partial charge in [-0.1, -0.05) is 37.3 Å². The van der Waals surface area contributed by atoms with Gasteiger partial charge in [0, 0.05) is 11.3 Å². The van der Waals surface area contributed by atoms with Crippen LogP contribution >= 0.6 is 0 Å². The standard InChI is InChI=1S/C20H20N2O4/c1-3-15(20(25)26-4-2)22-18(23)13-10-11-14(21)16(17(13)19(22)24)12-8-6-5-7-9-12/h5-11,15H,3-4,21H2,1-2H3. The molecule has 2 aromatic carbocycles. The first-order valence-corrected chi connectivity index (χ1v) is 8.53.